The molecule has 1 amide bonds. The summed E-state index contributed by atoms with van der Waals surface area (Å²) >= 11 is 0. The zero-order chi connectivity index (χ0) is 16.8. The van der Waals surface area contributed by atoms with Gasteiger partial charge in [0.2, 0.25) is 5.91 Å². The van der Waals surface area contributed by atoms with Crippen LogP contribution in [0.3, 0.4) is 0 Å². The van der Waals surface area contributed by atoms with E-state index in [2.05, 4.69) is 40.5 Å². The van der Waals surface area contributed by atoms with Gasteiger partial charge in [-0.15, -0.1) is 0 Å². The van der Waals surface area contributed by atoms with E-state index >= 15 is 0 Å². The van der Waals surface area contributed by atoms with Crippen molar-refractivity contribution in [2.24, 2.45) is 11.8 Å². The predicted octanol–water partition coefficient (Wildman–Crippen LogP) is 3.64. The van der Waals surface area contributed by atoms with Crippen LogP contribution in [-0.4, -0.2) is 36.5 Å². The zero-order valence-corrected chi connectivity index (χ0v) is 15.0. The Morgan fingerprint density at radius 3 is 2.50 bits per heavy atom. The van der Waals surface area contributed by atoms with Crippen LogP contribution in [0, 0.1) is 11.8 Å². The van der Waals surface area contributed by atoms with E-state index in [0.717, 1.165) is 12.3 Å². The molecule has 1 aromatic rings. The molecule has 1 aliphatic carbocycles. The molecule has 1 saturated carbocycles. The number of likely N-dealkylation sites (tertiary alicyclic amines) is 1. The van der Waals surface area contributed by atoms with Crippen molar-refractivity contribution in [3.8, 4) is 0 Å². The predicted molar refractivity (Wildman–Crippen MR) is 98.9 cm³/mol. The minimum atomic E-state index is 0.133. The van der Waals surface area contributed by atoms with Crippen molar-refractivity contribution in [3.05, 3.63) is 35.9 Å². The van der Waals surface area contributed by atoms with Gasteiger partial charge in [-0.2, -0.15) is 0 Å². The molecule has 1 heterocycles. The quantitative estimate of drug-likeness (QED) is 0.895. The summed E-state index contributed by atoms with van der Waals surface area (Å²) in [4.78, 5) is 14.1. The Kier molecular flexibility index (Phi) is 6.30. The Morgan fingerprint density at radius 2 is 1.79 bits per heavy atom. The maximum absolute atomic E-state index is 11.4. The third-order valence-electron chi connectivity index (χ3n) is 5.86. The van der Waals surface area contributed by atoms with Crippen molar-refractivity contribution >= 4 is 5.91 Å². The van der Waals surface area contributed by atoms with E-state index in [1.165, 1.54) is 63.7 Å². The summed E-state index contributed by atoms with van der Waals surface area (Å²) in [6, 6.07) is 11.3. The fourth-order valence-electron chi connectivity index (χ4n) is 4.53. The molecule has 1 saturated heterocycles. The van der Waals surface area contributed by atoms with Crippen molar-refractivity contribution in [2.75, 3.05) is 19.6 Å². The molecule has 0 bridgehead atoms. The number of carbonyl (C=O) groups excluding carboxylic acids is 1. The van der Waals surface area contributed by atoms with Gasteiger partial charge in [-0.25, -0.2) is 0 Å². The highest BCUT2D eigenvalue weighted by Gasteiger charge is 2.29. The third-order valence-corrected chi connectivity index (χ3v) is 5.86. The number of nitrogens with one attached hydrogen (secondary N) is 1. The van der Waals surface area contributed by atoms with Crippen LogP contribution in [0.15, 0.2) is 30.3 Å². The Bertz CT molecular complexity index is 508. The number of carbonyl (C=O) groups is 1. The molecule has 3 rings (SSSR count). The second-order valence-electron chi connectivity index (χ2n) is 7.79. The third kappa shape index (κ3) is 5.07. The summed E-state index contributed by atoms with van der Waals surface area (Å²) < 4.78 is 0. The van der Waals surface area contributed by atoms with Crippen molar-refractivity contribution in [2.45, 2.75) is 57.9 Å². The van der Waals surface area contributed by atoms with Gasteiger partial charge in [-0.1, -0.05) is 43.2 Å². The van der Waals surface area contributed by atoms with Crippen molar-refractivity contribution < 1.29 is 4.79 Å². The molecule has 2 aliphatic rings. The highest BCUT2D eigenvalue weighted by Crippen LogP contribution is 2.28. The van der Waals surface area contributed by atoms with Crippen molar-refractivity contribution in [1.82, 2.24) is 10.2 Å². The molecule has 2 atom stereocenters. The first-order valence-electron chi connectivity index (χ1n) is 9.74. The highest BCUT2D eigenvalue weighted by molar-refractivity contribution is 5.73. The molecule has 3 nitrogen and oxygen atoms in total. The van der Waals surface area contributed by atoms with Gasteiger partial charge in [0.1, 0.15) is 0 Å². The van der Waals surface area contributed by atoms with Crippen LogP contribution in [-0.2, 0) is 11.2 Å². The molecule has 2 unspecified atom stereocenters. The first-order valence-corrected chi connectivity index (χ1v) is 9.74. The first-order chi connectivity index (χ1) is 11.7. The molecule has 132 valence electrons. The van der Waals surface area contributed by atoms with E-state index in [4.69, 9.17) is 0 Å². The number of hydrogen-bond acceptors (Lipinski definition) is 2. The van der Waals surface area contributed by atoms with Crippen LogP contribution < -0.4 is 5.32 Å². The number of amides is 1. The molecular formula is C21H32N2O. The van der Waals surface area contributed by atoms with Gasteiger partial charge in [0.15, 0.2) is 0 Å². The van der Waals surface area contributed by atoms with Gasteiger partial charge >= 0.3 is 0 Å². The number of piperidine rings is 1. The maximum atomic E-state index is 11.4. The number of rotatable bonds is 5. The fraction of sp³-hybridized carbons (Fsp3) is 0.667. The van der Waals surface area contributed by atoms with Crippen molar-refractivity contribution in [3.63, 3.8) is 0 Å². The minimum Gasteiger partial charge on any atom is -0.353 e. The molecule has 2 fully saturated rings. The monoisotopic (exact) mass is 328 g/mol. The normalized spacial score (nSPS) is 26.2. The van der Waals surface area contributed by atoms with E-state index < -0.39 is 0 Å². The molecule has 24 heavy (non-hydrogen) atoms. The van der Waals surface area contributed by atoms with Gasteiger partial charge in [-0.3, -0.25) is 4.79 Å². The molecule has 1 aromatic carbocycles. The lowest BCUT2D eigenvalue weighted by atomic mass is 9.83. The van der Waals surface area contributed by atoms with Gasteiger partial charge in [0.05, 0.1) is 0 Å². The van der Waals surface area contributed by atoms with E-state index in [-0.39, 0.29) is 5.91 Å². The van der Waals surface area contributed by atoms with Crippen molar-refractivity contribution in [1.29, 1.82) is 0 Å². The molecular weight excluding hydrogens is 296 g/mol. The maximum Gasteiger partial charge on any atom is 0.217 e. The SMILES string of the molecule is CC(=O)NC1CCCCC1CN1CCC(Cc2ccccc2)CC1. The van der Waals surface area contributed by atoms with Gasteiger partial charge in [0, 0.05) is 19.5 Å². The Balaban J connectivity index is 1.45. The topological polar surface area (TPSA) is 32.3 Å². The largest absolute Gasteiger partial charge is 0.353 e. The molecule has 0 radical (unpaired) electrons. The number of hydrogen-bond donors (Lipinski definition) is 1. The van der Waals surface area contributed by atoms with Crippen LogP contribution in [0.25, 0.3) is 0 Å². The van der Waals surface area contributed by atoms with E-state index in [9.17, 15) is 4.79 Å². The Morgan fingerprint density at radius 1 is 1.08 bits per heavy atom. The number of benzene rings is 1. The fourth-order valence-corrected chi connectivity index (χ4v) is 4.53. The van der Waals surface area contributed by atoms with Crippen LogP contribution in [0.2, 0.25) is 0 Å². The Hall–Kier alpha value is -1.35. The lowest BCUT2D eigenvalue weighted by molar-refractivity contribution is -0.120. The second-order valence-corrected chi connectivity index (χ2v) is 7.79. The van der Waals surface area contributed by atoms with Crippen LogP contribution in [0.1, 0.15) is 51.0 Å². The summed E-state index contributed by atoms with van der Waals surface area (Å²) in [5, 5.41) is 3.20. The molecule has 1 N–H and O–H groups in total. The molecule has 1 aliphatic heterocycles. The molecule has 0 aromatic heterocycles. The summed E-state index contributed by atoms with van der Waals surface area (Å²) in [6.07, 6.45) is 8.88. The van der Waals surface area contributed by atoms with Crippen LogP contribution >= 0.6 is 0 Å². The Labute approximate surface area is 146 Å². The summed E-state index contributed by atoms with van der Waals surface area (Å²) in [6.45, 7) is 5.27. The lowest BCUT2D eigenvalue weighted by Gasteiger charge is -2.38. The second kappa shape index (κ2) is 8.66. The zero-order valence-electron chi connectivity index (χ0n) is 15.0. The van der Waals surface area contributed by atoms with Gasteiger partial charge in [0.25, 0.3) is 0 Å². The average molecular weight is 329 g/mol. The smallest absolute Gasteiger partial charge is 0.217 e. The lowest BCUT2D eigenvalue weighted by Crippen LogP contribution is -2.47. The highest BCUT2D eigenvalue weighted by atomic mass is 16.1. The molecule has 3 heteroatoms. The van der Waals surface area contributed by atoms with E-state index in [1.54, 1.807) is 6.92 Å². The average Bonchev–Trinajstić information content (AvgIpc) is 2.59. The standard InChI is InChI=1S/C21H32N2O/c1-17(24)22-21-10-6-5-9-20(21)16-23-13-11-19(12-14-23)15-18-7-3-2-4-8-18/h2-4,7-8,19-21H,5-6,9-16H2,1H3,(H,22,24). The van der Waals surface area contributed by atoms with Crippen LogP contribution in [0.4, 0.5) is 0 Å². The summed E-state index contributed by atoms with van der Waals surface area (Å²) in [5.41, 5.74) is 1.48. The summed E-state index contributed by atoms with van der Waals surface area (Å²) in [7, 11) is 0. The summed E-state index contributed by atoms with van der Waals surface area (Å²) in [5.74, 6) is 1.61. The van der Waals surface area contributed by atoms with Gasteiger partial charge in [-0.05, 0) is 62.6 Å². The van der Waals surface area contributed by atoms with E-state index in [0.29, 0.717) is 12.0 Å². The van der Waals surface area contributed by atoms with Gasteiger partial charge < -0.3 is 10.2 Å². The first kappa shape index (κ1) is 17.5. The molecule has 0 spiro atoms. The minimum absolute atomic E-state index is 0.133. The van der Waals surface area contributed by atoms with E-state index in [1.807, 2.05) is 0 Å². The number of nitrogens with zero attached hydrogens (tertiary/aromatic N) is 1. The van der Waals surface area contributed by atoms with Crippen LogP contribution in [0.5, 0.6) is 0 Å².